The van der Waals surface area contributed by atoms with Crippen LogP contribution in [0.1, 0.15) is 5.69 Å². The van der Waals surface area contributed by atoms with Crippen LogP contribution >= 0.6 is 11.3 Å². The summed E-state index contributed by atoms with van der Waals surface area (Å²) in [4.78, 5) is 28.3. The molecule has 1 fully saturated rings. The molecule has 1 saturated heterocycles. The lowest BCUT2D eigenvalue weighted by Crippen LogP contribution is -2.46. The van der Waals surface area contributed by atoms with E-state index in [0.29, 0.717) is 12.1 Å². The Morgan fingerprint density at radius 3 is 2.73 bits per heavy atom. The molecule has 1 aliphatic rings. The first-order chi connectivity index (χ1) is 14.8. The van der Waals surface area contributed by atoms with Gasteiger partial charge in [-0.3, -0.25) is 4.98 Å². The summed E-state index contributed by atoms with van der Waals surface area (Å²) in [5.74, 6) is 2.17. The van der Waals surface area contributed by atoms with Crippen LogP contribution in [-0.2, 0) is 11.2 Å². The van der Waals surface area contributed by atoms with Gasteiger partial charge in [-0.25, -0.2) is 9.78 Å². The molecule has 0 aliphatic carbocycles. The van der Waals surface area contributed by atoms with Crippen LogP contribution in [0.15, 0.2) is 66.1 Å². The van der Waals surface area contributed by atoms with Crippen molar-refractivity contribution in [2.45, 2.75) is 6.42 Å². The minimum Gasteiger partial charge on any atom is -0.367 e. The van der Waals surface area contributed by atoms with E-state index in [0.717, 1.165) is 48.0 Å². The lowest BCUT2D eigenvalue weighted by Gasteiger charge is -2.37. The lowest BCUT2D eigenvalue weighted by atomic mass is 10.1. The molecule has 7 heteroatoms. The number of thiazole rings is 1. The van der Waals surface area contributed by atoms with Gasteiger partial charge in [-0.15, -0.1) is 11.3 Å². The summed E-state index contributed by atoms with van der Waals surface area (Å²) in [6.07, 6.45) is 6.02. The average Bonchev–Trinajstić information content (AvgIpc) is 3.48. The third kappa shape index (κ3) is 3.61. The van der Waals surface area contributed by atoms with Crippen LogP contribution in [0.2, 0.25) is 0 Å². The second kappa shape index (κ2) is 8.14. The van der Waals surface area contributed by atoms with Gasteiger partial charge in [0.1, 0.15) is 16.6 Å². The van der Waals surface area contributed by atoms with Crippen LogP contribution in [-0.4, -0.2) is 52.0 Å². The number of aromatic nitrogens is 3. The Morgan fingerprint density at radius 1 is 1.10 bits per heavy atom. The molecular formula is C23H21N5OS. The van der Waals surface area contributed by atoms with Gasteiger partial charge in [0.05, 0.1) is 5.69 Å². The molecule has 6 nitrogen and oxygen atoms in total. The molecule has 0 radical (unpaired) electrons. The van der Waals surface area contributed by atoms with Gasteiger partial charge in [-0.05, 0) is 30.3 Å². The minimum absolute atomic E-state index is 0.512. The van der Waals surface area contributed by atoms with Gasteiger partial charge < -0.3 is 14.8 Å². The molecule has 4 aromatic rings. The van der Waals surface area contributed by atoms with Crippen molar-refractivity contribution in [3.63, 3.8) is 0 Å². The van der Waals surface area contributed by atoms with E-state index < -0.39 is 0 Å². The van der Waals surface area contributed by atoms with Crippen molar-refractivity contribution in [2.75, 3.05) is 31.1 Å². The van der Waals surface area contributed by atoms with Crippen molar-refractivity contribution >= 4 is 33.9 Å². The zero-order valence-electron chi connectivity index (χ0n) is 16.4. The molecule has 30 heavy (non-hydrogen) atoms. The van der Waals surface area contributed by atoms with Crippen molar-refractivity contribution in [1.82, 2.24) is 19.9 Å². The van der Waals surface area contributed by atoms with Gasteiger partial charge in [0.15, 0.2) is 0 Å². The Hall–Kier alpha value is -3.41. The van der Waals surface area contributed by atoms with Gasteiger partial charge in [0.2, 0.25) is 0 Å². The van der Waals surface area contributed by atoms with Gasteiger partial charge in [0.25, 0.3) is 0 Å². The summed E-state index contributed by atoms with van der Waals surface area (Å²) >= 11 is 1.59. The molecule has 3 aromatic heterocycles. The van der Waals surface area contributed by atoms with E-state index in [1.165, 1.54) is 11.1 Å². The Bertz CT molecular complexity index is 1200. The van der Waals surface area contributed by atoms with Crippen LogP contribution in [0.3, 0.4) is 0 Å². The first kappa shape index (κ1) is 18.6. The predicted octanol–water partition coefficient (Wildman–Crippen LogP) is 3.77. The van der Waals surface area contributed by atoms with Crippen LogP contribution in [0.25, 0.3) is 21.5 Å². The SMILES string of the molecule is O=C=C(Cc1csc(-c2ccncc2)n1)N1CCN(c2cccc3[nH]ccc23)CC1. The van der Waals surface area contributed by atoms with Gasteiger partial charge in [-0.2, -0.15) is 0 Å². The average molecular weight is 416 g/mol. The Kier molecular flexibility index (Phi) is 5.05. The number of piperazine rings is 1. The smallest absolute Gasteiger partial charge is 0.146 e. The normalized spacial score (nSPS) is 14.1. The maximum atomic E-state index is 11.7. The van der Waals surface area contributed by atoms with Crippen molar-refractivity contribution in [2.24, 2.45) is 0 Å². The molecule has 1 aliphatic heterocycles. The Morgan fingerprint density at radius 2 is 1.93 bits per heavy atom. The summed E-state index contributed by atoms with van der Waals surface area (Å²) in [7, 11) is 0. The fourth-order valence-corrected chi connectivity index (χ4v) is 4.79. The quantitative estimate of drug-likeness (QED) is 0.503. The van der Waals surface area contributed by atoms with Crippen LogP contribution in [0.5, 0.6) is 0 Å². The standard InChI is InChI=1S/C23H21N5OS/c29-15-19(14-18-16-30-23(26-18)17-4-7-24-8-5-17)27-10-12-28(13-11-27)22-3-1-2-21-20(22)6-9-25-21/h1-9,16,25H,10-14H2. The van der Waals surface area contributed by atoms with E-state index in [9.17, 15) is 4.79 Å². The summed E-state index contributed by atoms with van der Waals surface area (Å²) in [6, 6.07) is 12.4. The third-order valence-electron chi connectivity index (χ3n) is 5.52. The number of nitrogens with zero attached hydrogens (tertiary/aromatic N) is 4. The monoisotopic (exact) mass is 415 g/mol. The van der Waals surface area contributed by atoms with E-state index in [4.69, 9.17) is 4.98 Å². The number of aromatic amines is 1. The highest BCUT2D eigenvalue weighted by Gasteiger charge is 2.22. The fraction of sp³-hybridized carbons (Fsp3) is 0.217. The maximum Gasteiger partial charge on any atom is 0.146 e. The molecule has 0 atom stereocenters. The summed E-state index contributed by atoms with van der Waals surface area (Å²) in [5.41, 5.74) is 5.03. The molecule has 0 saturated carbocycles. The summed E-state index contributed by atoms with van der Waals surface area (Å²) in [5, 5.41) is 4.21. The number of hydrogen-bond acceptors (Lipinski definition) is 6. The Labute approximate surface area is 178 Å². The Balaban J connectivity index is 1.26. The molecule has 0 unspecified atom stereocenters. The zero-order valence-corrected chi connectivity index (χ0v) is 17.2. The van der Waals surface area contributed by atoms with Crippen molar-refractivity contribution in [3.05, 3.63) is 71.8 Å². The number of benzene rings is 1. The van der Waals surface area contributed by atoms with Crippen molar-refractivity contribution in [1.29, 1.82) is 0 Å². The highest BCUT2D eigenvalue weighted by molar-refractivity contribution is 7.13. The second-order valence-corrected chi connectivity index (χ2v) is 8.15. The highest BCUT2D eigenvalue weighted by atomic mass is 32.1. The molecular weight excluding hydrogens is 394 g/mol. The van der Waals surface area contributed by atoms with Crippen LogP contribution < -0.4 is 4.90 Å². The number of allylic oxidation sites excluding steroid dienone is 1. The highest BCUT2D eigenvalue weighted by Crippen LogP contribution is 2.28. The summed E-state index contributed by atoms with van der Waals surface area (Å²) in [6.45, 7) is 3.34. The molecule has 1 aromatic carbocycles. The first-order valence-electron chi connectivity index (χ1n) is 9.96. The van der Waals surface area contributed by atoms with Gasteiger partial charge >= 0.3 is 0 Å². The van der Waals surface area contributed by atoms with Gasteiger partial charge in [0, 0.05) is 78.7 Å². The number of H-pyrrole nitrogens is 1. The molecule has 4 heterocycles. The number of nitrogens with one attached hydrogen (secondary N) is 1. The fourth-order valence-electron chi connectivity index (χ4n) is 3.96. The maximum absolute atomic E-state index is 11.7. The number of carbonyl (C=O) groups excluding carboxylic acids is 1. The third-order valence-corrected chi connectivity index (χ3v) is 6.46. The molecule has 0 amide bonds. The second-order valence-electron chi connectivity index (χ2n) is 7.30. The van der Waals surface area contributed by atoms with Crippen LogP contribution in [0, 0.1) is 0 Å². The van der Waals surface area contributed by atoms with Crippen LogP contribution in [0.4, 0.5) is 5.69 Å². The summed E-state index contributed by atoms with van der Waals surface area (Å²) < 4.78 is 0. The van der Waals surface area contributed by atoms with E-state index >= 15 is 0 Å². The number of fused-ring (bicyclic) bond motifs is 1. The van der Waals surface area contributed by atoms with E-state index in [-0.39, 0.29) is 0 Å². The molecule has 5 rings (SSSR count). The lowest BCUT2D eigenvalue weighted by molar-refractivity contribution is 0.317. The largest absolute Gasteiger partial charge is 0.367 e. The van der Waals surface area contributed by atoms with E-state index in [1.54, 1.807) is 23.7 Å². The molecule has 150 valence electrons. The van der Waals surface area contributed by atoms with E-state index in [2.05, 4.69) is 50.0 Å². The molecule has 0 spiro atoms. The number of pyridine rings is 1. The van der Waals surface area contributed by atoms with Crippen molar-refractivity contribution in [3.8, 4) is 10.6 Å². The number of hydrogen-bond donors (Lipinski definition) is 1. The van der Waals surface area contributed by atoms with Crippen molar-refractivity contribution < 1.29 is 4.79 Å². The van der Waals surface area contributed by atoms with Gasteiger partial charge in [-0.1, -0.05) is 6.07 Å². The first-order valence-corrected chi connectivity index (χ1v) is 10.8. The predicted molar refractivity (Wildman–Crippen MR) is 120 cm³/mol. The van der Waals surface area contributed by atoms with E-state index in [1.807, 2.05) is 23.7 Å². The minimum atomic E-state index is 0.512. The zero-order chi connectivity index (χ0) is 20.3. The number of rotatable bonds is 5. The topological polar surface area (TPSA) is 65.1 Å². The molecule has 1 N–H and O–H groups in total. The number of anilines is 1. The molecule has 0 bridgehead atoms.